The van der Waals surface area contributed by atoms with Gasteiger partial charge in [0, 0.05) is 14.1 Å². The molecule has 19 heavy (non-hydrogen) atoms. The minimum absolute atomic E-state index is 0.223. The number of nitrogens with zero attached hydrogens (tertiary/aromatic N) is 3. The molecule has 1 heterocycles. The van der Waals surface area contributed by atoms with Crippen LogP contribution in [0.3, 0.4) is 0 Å². The fourth-order valence-electron chi connectivity index (χ4n) is 1.74. The van der Waals surface area contributed by atoms with E-state index < -0.39 is 0 Å². The summed E-state index contributed by atoms with van der Waals surface area (Å²) in [6, 6.07) is 7.36. The second-order valence-corrected chi connectivity index (χ2v) is 4.49. The topological polar surface area (TPSA) is 47.4 Å². The molecule has 0 spiro atoms. The van der Waals surface area contributed by atoms with Crippen molar-refractivity contribution < 1.29 is 9.53 Å². The molecular weight excluding hydrogens is 266 g/mol. The number of aromatic nitrogens is 2. The molecule has 0 saturated heterocycles. The second-order valence-electron chi connectivity index (χ2n) is 4.13. The van der Waals surface area contributed by atoms with E-state index in [1.54, 1.807) is 16.6 Å². The van der Waals surface area contributed by atoms with Crippen LogP contribution in [0.2, 0.25) is 5.15 Å². The number of ether oxygens (including phenoxy) is 1. The fourth-order valence-corrected chi connectivity index (χ4v) is 2.00. The maximum atomic E-state index is 10.9. The van der Waals surface area contributed by atoms with Gasteiger partial charge in [-0.25, -0.2) is 4.98 Å². The Kier molecular flexibility index (Phi) is 3.76. The molecular formula is C13H14ClN3O2. The number of aldehydes is 1. The first kappa shape index (κ1) is 13.4. The normalized spacial score (nSPS) is 10.3. The Labute approximate surface area is 116 Å². The monoisotopic (exact) mass is 279 g/mol. The number of carbonyl (C=O) groups is 1. The third-order valence-electron chi connectivity index (χ3n) is 2.67. The highest BCUT2D eigenvalue weighted by atomic mass is 35.5. The summed E-state index contributed by atoms with van der Waals surface area (Å²) in [5.74, 6) is 1.35. The number of benzene rings is 1. The van der Waals surface area contributed by atoms with Crippen LogP contribution in [-0.4, -0.2) is 37.0 Å². The van der Waals surface area contributed by atoms with Gasteiger partial charge in [-0.15, -0.1) is 0 Å². The first-order chi connectivity index (χ1) is 9.08. The van der Waals surface area contributed by atoms with Crippen molar-refractivity contribution in [1.82, 2.24) is 9.55 Å². The maximum Gasteiger partial charge on any atom is 0.211 e. The van der Waals surface area contributed by atoms with Crippen molar-refractivity contribution in [1.29, 1.82) is 0 Å². The van der Waals surface area contributed by atoms with Crippen LogP contribution in [0.4, 0.5) is 5.95 Å². The highest BCUT2D eigenvalue weighted by Crippen LogP contribution is 2.27. The van der Waals surface area contributed by atoms with Crippen molar-refractivity contribution in [2.45, 2.75) is 0 Å². The van der Waals surface area contributed by atoms with Crippen LogP contribution in [0.1, 0.15) is 10.5 Å². The van der Waals surface area contributed by atoms with Crippen molar-refractivity contribution in [3.63, 3.8) is 0 Å². The molecule has 1 aromatic heterocycles. The zero-order chi connectivity index (χ0) is 14.0. The summed E-state index contributed by atoms with van der Waals surface area (Å²) in [6.45, 7) is 0. The average Bonchev–Trinajstić information content (AvgIpc) is 2.76. The Balaban J connectivity index is 2.58. The summed E-state index contributed by atoms with van der Waals surface area (Å²) >= 11 is 6.19. The van der Waals surface area contributed by atoms with E-state index in [0.29, 0.717) is 17.4 Å². The molecule has 0 aliphatic rings. The summed E-state index contributed by atoms with van der Waals surface area (Å²) in [7, 11) is 5.29. The van der Waals surface area contributed by atoms with Gasteiger partial charge in [0.1, 0.15) is 16.6 Å². The lowest BCUT2D eigenvalue weighted by atomic mass is 10.3. The molecule has 0 fully saturated rings. The minimum Gasteiger partial charge on any atom is -0.497 e. The smallest absolute Gasteiger partial charge is 0.211 e. The van der Waals surface area contributed by atoms with Gasteiger partial charge in [-0.3, -0.25) is 9.36 Å². The van der Waals surface area contributed by atoms with Crippen molar-refractivity contribution in [2.24, 2.45) is 0 Å². The summed E-state index contributed by atoms with van der Waals surface area (Å²) in [6.07, 6.45) is 0.648. The molecule has 6 heteroatoms. The van der Waals surface area contributed by atoms with Gasteiger partial charge < -0.3 is 9.64 Å². The van der Waals surface area contributed by atoms with E-state index in [9.17, 15) is 4.79 Å². The van der Waals surface area contributed by atoms with Gasteiger partial charge in [0.25, 0.3) is 0 Å². The Morgan fingerprint density at radius 3 is 2.42 bits per heavy atom. The first-order valence-corrected chi connectivity index (χ1v) is 6.01. The van der Waals surface area contributed by atoms with Crippen LogP contribution in [0.5, 0.6) is 5.75 Å². The van der Waals surface area contributed by atoms with Gasteiger partial charge in [0.2, 0.25) is 5.95 Å². The van der Waals surface area contributed by atoms with Gasteiger partial charge in [0.15, 0.2) is 6.29 Å². The number of methoxy groups -OCH3 is 1. The van der Waals surface area contributed by atoms with Crippen molar-refractivity contribution in [2.75, 3.05) is 26.1 Å². The molecule has 0 bridgehead atoms. The predicted octanol–water partition coefficient (Wildman–Crippen LogP) is 2.41. The van der Waals surface area contributed by atoms with Gasteiger partial charge in [-0.05, 0) is 24.3 Å². The molecule has 0 amide bonds. The van der Waals surface area contributed by atoms with E-state index in [1.165, 1.54) is 0 Å². The molecule has 1 aromatic carbocycles. The Bertz CT molecular complexity index is 591. The van der Waals surface area contributed by atoms with E-state index in [-0.39, 0.29) is 5.69 Å². The highest BCUT2D eigenvalue weighted by molar-refractivity contribution is 6.32. The number of carbonyl (C=O) groups excluding carboxylic acids is 1. The molecule has 0 aliphatic carbocycles. The van der Waals surface area contributed by atoms with Crippen LogP contribution < -0.4 is 9.64 Å². The third kappa shape index (κ3) is 2.42. The van der Waals surface area contributed by atoms with E-state index in [2.05, 4.69) is 4.98 Å². The third-order valence-corrected chi connectivity index (χ3v) is 3.03. The number of hydrogen-bond donors (Lipinski definition) is 0. The second kappa shape index (κ2) is 5.32. The van der Waals surface area contributed by atoms with Gasteiger partial charge in [-0.1, -0.05) is 11.6 Å². The fraction of sp³-hybridized carbons (Fsp3) is 0.231. The van der Waals surface area contributed by atoms with Crippen LogP contribution in [-0.2, 0) is 0 Å². The van der Waals surface area contributed by atoms with Crippen molar-refractivity contribution in [3.05, 3.63) is 35.1 Å². The number of halogens is 1. The van der Waals surface area contributed by atoms with Crippen LogP contribution in [0, 0.1) is 0 Å². The number of rotatable bonds is 4. The lowest BCUT2D eigenvalue weighted by Gasteiger charge is -2.15. The molecule has 0 N–H and O–H groups in total. The van der Waals surface area contributed by atoms with E-state index in [4.69, 9.17) is 16.3 Å². The predicted molar refractivity (Wildman–Crippen MR) is 74.8 cm³/mol. The summed E-state index contributed by atoms with van der Waals surface area (Å²) in [5.41, 5.74) is 1.04. The Morgan fingerprint density at radius 1 is 1.32 bits per heavy atom. The Morgan fingerprint density at radius 2 is 1.95 bits per heavy atom. The Hall–Kier alpha value is -2.01. The van der Waals surface area contributed by atoms with E-state index in [0.717, 1.165) is 11.4 Å². The standard InChI is InChI=1S/C13H14ClN3O2/c1-16(2)13-15-11(8-18)12(14)17(13)9-4-6-10(19-3)7-5-9/h4-8H,1-3H3. The maximum absolute atomic E-state index is 10.9. The molecule has 0 atom stereocenters. The van der Waals surface area contributed by atoms with E-state index >= 15 is 0 Å². The molecule has 0 saturated carbocycles. The summed E-state index contributed by atoms with van der Waals surface area (Å²) < 4.78 is 6.83. The average molecular weight is 280 g/mol. The number of anilines is 1. The largest absolute Gasteiger partial charge is 0.497 e. The van der Waals surface area contributed by atoms with Crippen molar-refractivity contribution in [3.8, 4) is 11.4 Å². The van der Waals surface area contributed by atoms with Gasteiger partial charge in [0.05, 0.1) is 12.8 Å². The van der Waals surface area contributed by atoms with Crippen LogP contribution in [0.15, 0.2) is 24.3 Å². The number of hydrogen-bond acceptors (Lipinski definition) is 4. The molecule has 2 rings (SSSR count). The zero-order valence-electron chi connectivity index (χ0n) is 10.9. The minimum atomic E-state index is 0.223. The summed E-state index contributed by atoms with van der Waals surface area (Å²) in [5, 5.41) is 0.295. The van der Waals surface area contributed by atoms with Crippen LogP contribution in [0.25, 0.3) is 5.69 Å². The molecule has 0 radical (unpaired) electrons. The van der Waals surface area contributed by atoms with Crippen molar-refractivity contribution >= 4 is 23.8 Å². The van der Waals surface area contributed by atoms with E-state index in [1.807, 2.05) is 38.4 Å². The quantitative estimate of drug-likeness (QED) is 0.807. The lowest BCUT2D eigenvalue weighted by molar-refractivity contribution is 0.111. The molecule has 5 nitrogen and oxygen atoms in total. The molecule has 2 aromatic rings. The van der Waals surface area contributed by atoms with Gasteiger partial charge in [-0.2, -0.15) is 0 Å². The molecule has 0 unspecified atom stereocenters. The highest BCUT2D eigenvalue weighted by Gasteiger charge is 2.17. The van der Waals surface area contributed by atoms with Gasteiger partial charge >= 0.3 is 0 Å². The zero-order valence-corrected chi connectivity index (χ0v) is 11.7. The lowest BCUT2D eigenvalue weighted by Crippen LogP contribution is -2.14. The SMILES string of the molecule is COc1ccc(-n2c(N(C)C)nc(C=O)c2Cl)cc1. The first-order valence-electron chi connectivity index (χ1n) is 5.63. The summed E-state index contributed by atoms with van der Waals surface area (Å²) in [4.78, 5) is 16.9. The number of imidazole rings is 1. The molecule has 100 valence electrons. The molecule has 0 aliphatic heterocycles. The van der Waals surface area contributed by atoms with Crippen LogP contribution >= 0.6 is 11.6 Å².